The van der Waals surface area contributed by atoms with Crippen LogP contribution in [-0.2, 0) is 13.1 Å². The van der Waals surface area contributed by atoms with E-state index in [0.717, 1.165) is 11.1 Å². The first-order valence-corrected chi connectivity index (χ1v) is 10.1. The largest absolute Gasteiger partial charge is 0.337 e. The third-order valence-electron chi connectivity index (χ3n) is 5.29. The zero-order valence-electron chi connectivity index (χ0n) is 16.8. The molecule has 0 spiro atoms. The van der Waals surface area contributed by atoms with Crippen LogP contribution in [0.3, 0.4) is 0 Å². The topological polar surface area (TPSA) is 61.8 Å². The summed E-state index contributed by atoms with van der Waals surface area (Å²) < 4.78 is 4.61. The van der Waals surface area contributed by atoms with E-state index in [0.29, 0.717) is 23.4 Å². The van der Waals surface area contributed by atoms with Gasteiger partial charge in [-0.25, -0.2) is 14.3 Å². The lowest BCUT2D eigenvalue weighted by atomic mass is 10.2. The molecule has 0 aliphatic heterocycles. The van der Waals surface area contributed by atoms with E-state index in [4.69, 9.17) is 0 Å². The Morgan fingerprint density at radius 1 is 0.677 bits per heavy atom. The van der Waals surface area contributed by atoms with Gasteiger partial charge in [0.25, 0.3) is 5.56 Å². The van der Waals surface area contributed by atoms with Crippen LogP contribution in [-0.4, -0.2) is 18.7 Å². The average Bonchev–Trinajstić information content (AvgIpc) is 3.22. The molecule has 2 aromatic heterocycles. The minimum Gasteiger partial charge on any atom is -0.320 e. The van der Waals surface area contributed by atoms with Crippen molar-refractivity contribution >= 4 is 11.2 Å². The van der Waals surface area contributed by atoms with Gasteiger partial charge in [-0.05, 0) is 23.3 Å². The molecule has 2 heterocycles. The summed E-state index contributed by atoms with van der Waals surface area (Å²) in [4.78, 5) is 31.4. The molecule has 0 unspecified atom stereocenters. The molecule has 5 aromatic rings. The predicted molar refractivity (Wildman–Crippen MR) is 121 cm³/mol. The van der Waals surface area contributed by atoms with Gasteiger partial charge in [-0.1, -0.05) is 78.9 Å². The van der Waals surface area contributed by atoms with Crippen molar-refractivity contribution in [2.24, 2.45) is 0 Å². The molecular formula is C25H20N4O2. The summed E-state index contributed by atoms with van der Waals surface area (Å²) in [6.45, 7) is 0.683. The van der Waals surface area contributed by atoms with E-state index in [1.807, 2.05) is 95.6 Å². The summed E-state index contributed by atoms with van der Waals surface area (Å²) in [5, 5.41) is 0. The van der Waals surface area contributed by atoms with Gasteiger partial charge in [0.15, 0.2) is 11.2 Å². The minimum atomic E-state index is -0.405. The van der Waals surface area contributed by atoms with Crippen LogP contribution < -0.4 is 11.2 Å². The predicted octanol–water partition coefficient (Wildman–Crippen LogP) is 3.45. The first kappa shape index (κ1) is 18.8. The van der Waals surface area contributed by atoms with E-state index in [-0.39, 0.29) is 12.1 Å². The Labute approximate surface area is 178 Å². The third kappa shape index (κ3) is 3.48. The van der Waals surface area contributed by atoms with Gasteiger partial charge < -0.3 is 4.57 Å². The summed E-state index contributed by atoms with van der Waals surface area (Å²) in [6.07, 6.45) is 1.63. The van der Waals surface area contributed by atoms with Crippen LogP contribution in [0.4, 0.5) is 0 Å². The SMILES string of the molecule is O=c1c2c(ncn2Cc2ccccc2)n(-c2ccccc2)c(=O)n1Cc1ccccc1. The normalized spacial score (nSPS) is 11.1. The number of rotatable bonds is 5. The maximum atomic E-state index is 13.5. The Morgan fingerprint density at radius 3 is 1.84 bits per heavy atom. The van der Waals surface area contributed by atoms with Crippen molar-refractivity contribution in [3.63, 3.8) is 0 Å². The summed E-state index contributed by atoms with van der Waals surface area (Å²) in [6, 6.07) is 28.7. The molecular weight excluding hydrogens is 388 g/mol. The minimum absolute atomic E-state index is 0.192. The molecule has 3 aromatic carbocycles. The molecule has 0 N–H and O–H groups in total. The first-order chi connectivity index (χ1) is 15.2. The van der Waals surface area contributed by atoms with Crippen LogP contribution in [0.1, 0.15) is 11.1 Å². The van der Waals surface area contributed by atoms with Crippen molar-refractivity contribution in [3.8, 4) is 5.69 Å². The number of aromatic nitrogens is 4. The molecule has 6 heteroatoms. The maximum absolute atomic E-state index is 13.5. The quantitative estimate of drug-likeness (QED) is 0.448. The van der Waals surface area contributed by atoms with E-state index in [1.165, 1.54) is 9.13 Å². The van der Waals surface area contributed by atoms with Crippen molar-refractivity contribution in [3.05, 3.63) is 129 Å². The fraction of sp³-hybridized carbons (Fsp3) is 0.0800. The fourth-order valence-corrected chi connectivity index (χ4v) is 3.80. The van der Waals surface area contributed by atoms with Crippen molar-refractivity contribution in [2.75, 3.05) is 0 Å². The Bertz CT molecular complexity index is 1450. The molecule has 0 aliphatic carbocycles. The second-order valence-corrected chi connectivity index (χ2v) is 7.36. The van der Waals surface area contributed by atoms with E-state index < -0.39 is 5.69 Å². The highest BCUT2D eigenvalue weighted by molar-refractivity contribution is 5.72. The number of nitrogens with zero attached hydrogens (tertiary/aromatic N) is 4. The maximum Gasteiger partial charge on any atom is 0.337 e. The van der Waals surface area contributed by atoms with E-state index in [9.17, 15) is 9.59 Å². The van der Waals surface area contributed by atoms with Gasteiger partial charge in [-0.3, -0.25) is 9.36 Å². The molecule has 0 aliphatic rings. The van der Waals surface area contributed by atoms with Crippen LogP contribution >= 0.6 is 0 Å². The highest BCUT2D eigenvalue weighted by Gasteiger charge is 2.19. The number of fused-ring (bicyclic) bond motifs is 1. The molecule has 6 nitrogen and oxygen atoms in total. The molecule has 0 saturated heterocycles. The highest BCUT2D eigenvalue weighted by atomic mass is 16.2. The lowest BCUT2D eigenvalue weighted by Gasteiger charge is -2.13. The van der Waals surface area contributed by atoms with Gasteiger partial charge in [-0.15, -0.1) is 0 Å². The van der Waals surface area contributed by atoms with Crippen molar-refractivity contribution < 1.29 is 0 Å². The van der Waals surface area contributed by atoms with E-state index in [1.54, 1.807) is 6.33 Å². The Balaban J connectivity index is 1.77. The van der Waals surface area contributed by atoms with Crippen molar-refractivity contribution in [2.45, 2.75) is 13.1 Å². The molecule has 31 heavy (non-hydrogen) atoms. The van der Waals surface area contributed by atoms with Crippen LogP contribution in [0.2, 0.25) is 0 Å². The van der Waals surface area contributed by atoms with Gasteiger partial charge in [0.1, 0.15) is 0 Å². The zero-order chi connectivity index (χ0) is 21.2. The van der Waals surface area contributed by atoms with Crippen LogP contribution in [0.25, 0.3) is 16.9 Å². The standard InChI is InChI=1S/C25H20N4O2/c30-24-22-23(26-18-27(22)16-19-10-4-1-5-11-19)29(21-14-8-3-9-15-21)25(31)28(24)17-20-12-6-2-7-13-20/h1-15,18H,16-17H2. The fourth-order valence-electron chi connectivity index (χ4n) is 3.80. The van der Waals surface area contributed by atoms with Gasteiger partial charge in [0, 0.05) is 6.54 Å². The molecule has 0 atom stereocenters. The smallest absolute Gasteiger partial charge is 0.320 e. The number of para-hydroxylation sites is 1. The van der Waals surface area contributed by atoms with Gasteiger partial charge >= 0.3 is 5.69 Å². The number of imidazole rings is 1. The Morgan fingerprint density at radius 2 is 1.23 bits per heavy atom. The monoisotopic (exact) mass is 408 g/mol. The summed E-state index contributed by atoms with van der Waals surface area (Å²) in [5.41, 5.74) is 2.62. The lowest BCUT2D eigenvalue weighted by Crippen LogP contribution is -2.40. The van der Waals surface area contributed by atoms with E-state index >= 15 is 0 Å². The summed E-state index contributed by atoms with van der Waals surface area (Å²) in [5.74, 6) is 0. The first-order valence-electron chi connectivity index (χ1n) is 10.1. The number of benzene rings is 3. The van der Waals surface area contributed by atoms with Crippen LogP contribution in [0.15, 0.2) is 107 Å². The second kappa shape index (κ2) is 7.91. The van der Waals surface area contributed by atoms with Crippen molar-refractivity contribution in [1.82, 2.24) is 18.7 Å². The molecule has 152 valence electrons. The Hall–Kier alpha value is -4.19. The lowest BCUT2D eigenvalue weighted by molar-refractivity contribution is 0.677. The van der Waals surface area contributed by atoms with Gasteiger partial charge in [0.2, 0.25) is 0 Å². The second-order valence-electron chi connectivity index (χ2n) is 7.36. The van der Waals surface area contributed by atoms with Gasteiger partial charge in [0.05, 0.1) is 18.6 Å². The summed E-state index contributed by atoms with van der Waals surface area (Å²) >= 11 is 0. The number of hydrogen-bond donors (Lipinski definition) is 0. The molecule has 0 amide bonds. The van der Waals surface area contributed by atoms with Gasteiger partial charge in [-0.2, -0.15) is 0 Å². The molecule has 5 rings (SSSR count). The Kier molecular flexibility index (Phi) is 4.80. The van der Waals surface area contributed by atoms with Crippen LogP contribution in [0, 0.1) is 0 Å². The molecule has 0 bridgehead atoms. The average molecular weight is 408 g/mol. The molecule has 0 fully saturated rings. The highest BCUT2D eigenvalue weighted by Crippen LogP contribution is 2.15. The zero-order valence-corrected chi connectivity index (χ0v) is 16.8. The third-order valence-corrected chi connectivity index (χ3v) is 5.29. The van der Waals surface area contributed by atoms with E-state index in [2.05, 4.69) is 4.98 Å². The summed E-state index contributed by atoms with van der Waals surface area (Å²) in [7, 11) is 0. The molecule has 0 saturated carbocycles. The van der Waals surface area contributed by atoms with Crippen molar-refractivity contribution in [1.29, 1.82) is 0 Å². The molecule has 0 radical (unpaired) electrons. The van der Waals surface area contributed by atoms with Crippen LogP contribution in [0.5, 0.6) is 0 Å². The number of hydrogen-bond acceptors (Lipinski definition) is 3.